The van der Waals surface area contributed by atoms with Crippen LogP contribution in [0.15, 0.2) is 5.16 Å². The van der Waals surface area contributed by atoms with Gasteiger partial charge in [0.1, 0.15) is 6.10 Å². The molecule has 2 atom stereocenters. The lowest BCUT2D eigenvalue weighted by Crippen LogP contribution is -2.23. The minimum absolute atomic E-state index is 0.214. The quantitative estimate of drug-likeness (QED) is 0.577. The third-order valence-corrected chi connectivity index (χ3v) is 2.51. The average Bonchev–Trinajstić information content (AvgIpc) is 2.60. The van der Waals surface area contributed by atoms with Crippen LogP contribution in [0, 0.1) is 5.92 Å². The number of fused-ring (bicyclic) bond motifs is 2. The van der Waals surface area contributed by atoms with E-state index in [1.54, 1.807) is 0 Å². The zero-order chi connectivity index (χ0) is 8.55. The summed E-state index contributed by atoms with van der Waals surface area (Å²) in [5, 5.41) is 4.18. The molecule has 3 heteroatoms. The molecule has 2 rings (SSSR count). The molecule has 0 aromatic rings. The summed E-state index contributed by atoms with van der Waals surface area (Å²) in [6, 6.07) is 0. The third-order valence-electron chi connectivity index (χ3n) is 2.51. The number of piperidine rings is 1. The maximum Gasteiger partial charge on any atom is 0.122 e. The molecule has 0 aliphatic carbocycles. The summed E-state index contributed by atoms with van der Waals surface area (Å²) in [5.41, 5.74) is 1.26. The summed E-state index contributed by atoms with van der Waals surface area (Å²) in [6.07, 6.45) is 1.49. The molecule has 2 unspecified atom stereocenters. The van der Waals surface area contributed by atoms with Crippen LogP contribution in [0.25, 0.3) is 0 Å². The predicted octanol–water partition coefficient (Wildman–Crippen LogP) is 1.10. The largest absolute Gasteiger partial charge is 0.393 e. The van der Waals surface area contributed by atoms with Crippen LogP contribution >= 0.6 is 0 Å². The summed E-state index contributed by atoms with van der Waals surface area (Å²) in [4.78, 5) is 7.68. The number of hydrogen-bond acceptors (Lipinski definition) is 3. The fourth-order valence-corrected chi connectivity index (χ4v) is 1.88. The number of nitrogens with zero attached hydrogens (tertiary/aromatic N) is 2. The van der Waals surface area contributed by atoms with E-state index in [0.29, 0.717) is 5.92 Å². The Hall–Kier alpha value is -0.570. The van der Waals surface area contributed by atoms with E-state index >= 15 is 0 Å². The van der Waals surface area contributed by atoms with Crippen molar-refractivity contribution in [3.05, 3.63) is 0 Å². The van der Waals surface area contributed by atoms with Gasteiger partial charge in [0.25, 0.3) is 0 Å². The minimum Gasteiger partial charge on any atom is -0.393 e. The lowest BCUT2D eigenvalue weighted by atomic mass is 10.0. The van der Waals surface area contributed by atoms with Gasteiger partial charge in [-0.15, -0.1) is 0 Å². The van der Waals surface area contributed by atoms with E-state index < -0.39 is 0 Å². The van der Waals surface area contributed by atoms with Gasteiger partial charge in [-0.3, -0.25) is 4.90 Å². The highest BCUT2D eigenvalue weighted by Crippen LogP contribution is 2.25. The van der Waals surface area contributed by atoms with E-state index in [0.717, 1.165) is 6.54 Å². The molecule has 68 valence electrons. The van der Waals surface area contributed by atoms with Crippen LogP contribution in [0.4, 0.5) is 0 Å². The van der Waals surface area contributed by atoms with Crippen LogP contribution in [0.2, 0.25) is 0 Å². The van der Waals surface area contributed by atoms with Crippen LogP contribution in [0.5, 0.6) is 0 Å². The van der Waals surface area contributed by atoms with Crippen LogP contribution in [-0.4, -0.2) is 36.3 Å². The van der Waals surface area contributed by atoms with E-state index in [2.05, 4.69) is 10.1 Å². The lowest BCUT2D eigenvalue weighted by molar-refractivity contribution is 0.0844. The van der Waals surface area contributed by atoms with Crippen LogP contribution in [-0.2, 0) is 4.84 Å². The Bertz CT molecular complexity index is 201. The second-order valence-electron chi connectivity index (χ2n) is 3.96. The average molecular weight is 168 g/mol. The van der Waals surface area contributed by atoms with Gasteiger partial charge in [-0.1, -0.05) is 5.16 Å². The van der Waals surface area contributed by atoms with Gasteiger partial charge in [-0.25, -0.2) is 0 Å². The molecular weight excluding hydrogens is 152 g/mol. The standard InChI is InChI=1S/C9H16N2O/c1-7(2)12-10-9-6-11-4-3-8(9)5-11/h7-8H,3-6H2,1-2H3. The Morgan fingerprint density at radius 3 is 2.92 bits per heavy atom. The third kappa shape index (κ3) is 1.46. The maximum atomic E-state index is 5.24. The molecule has 0 saturated carbocycles. The first-order valence-corrected chi connectivity index (χ1v) is 4.70. The number of rotatable bonds is 2. The first-order chi connectivity index (χ1) is 5.75. The van der Waals surface area contributed by atoms with E-state index in [9.17, 15) is 0 Å². The van der Waals surface area contributed by atoms with Crippen molar-refractivity contribution < 1.29 is 4.84 Å². The molecule has 2 aliphatic rings. The predicted molar refractivity (Wildman–Crippen MR) is 48.2 cm³/mol. The van der Waals surface area contributed by atoms with Crippen molar-refractivity contribution in [3.63, 3.8) is 0 Å². The molecule has 0 spiro atoms. The summed E-state index contributed by atoms with van der Waals surface area (Å²) < 4.78 is 0. The molecule has 0 aromatic carbocycles. The van der Waals surface area contributed by atoms with E-state index in [1.807, 2.05) is 13.8 Å². The zero-order valence-corrected chi connectivity index (χ0v) is 7.79. The molecule has 2 bridgehead atoms. The van der Waals surface area contributed by atoms with Crippen LogP contribution in [0.3, 0.4) is 0 Å². The molecule has 0 radical (unpaired) electrons. The Kier molecular flexibility index (Phi) is 2.05. The van der Waals surface area contributed by atoms with Gasteiger partial charge in [0, 0.05) is 19.0 Å². The van der Waals surface area contributed by atoms with Gasteiger partial charge in [0.15, 0.2) is 0 Å². The van der Waals surface area contributed by atoms with Crippen molar-refractivity contribution in [1.82, 2.24) is 4.90 Å². The SMILES string of the molecule is CC(C)ON=C1CN2CCC1C2. The minimum atomic E-state index is 0.214. The zero-order valence-electron chi connectivity index (χ0n) is 7.79. The van der Waals surface area contributed by atoms with Crippen molar-refractivity contribution in [2.24, 2.45) is 11.1 Å². The summed E-state index contributed by atoms with van der Waals surface area (Å²) in [5.74, 6) is 0.698. The van der Waals surface area contributed by atoms with Gasteiger partial charge in [0.2, 0.25) is 0 Å². The number of oxime groups is 1. The van der Waals surface area contributed by atoms with Crippen molar-refractivity contribution in [3.8, 4) is 0 Å². The Morgan fingerprint density at radius 2 is 2.42 bits per heavy atom. The van der Waals surface area contributed by atoms with Crippen molar-refractivity contribution in [2.75, 3.05) is 19.6 Å². The van der Waals surface area contributed by atoms with E-state index in [1.165, 1.54) is 25.2 Å². The molecule has 2 fully saturated rings. The summed E-state index contributed by atoms with van der Waals surface area (Å²) >= 11 is 0. The fraction of sp³-hybridized carbons (Fsp3) is 0.889. The monoisotopic (exact) mass is 168 g/mol. The highest BCUT2D eigenvalue weighted by molar-refractivity contribution is 5.91. The maximum absolute atomic E-state index is 5.24. The van der Waals surface area contributed by atoms with Gasteiger partial charge in [-0.05, 0) is 26.8 Å². The van der Waals surface area contributed by atoms with Gasteiger partial charge in [-0.2, -0.15) is 0 Å². The number of hydrogen-bond donors (Lipinski definition) is 0. The van der Waals surface area contributed by atoms with Crippen molar-refractivity contribution in [2.45, 2.75) is 26.4 Å². The summed E-state index contributed by atoms with van der Waals surface area (Å²) in [6.45, 7) is 7.53. The van der Waals surface area contributed by atoms with Crippen LogP contribution in [0.1, 0.15) is 20.3 Å². The molecule has 2 saturated heterocycles. The summed E-state index contributed by atoms with van der Waals surface area (Å²) in [7, 11) is 0. The molecule has 0 amide bonds. The Labute approximate surface area is 73.4 Å². The molecule has 0 aromatic heterocycles. The first-order valence-electron chi connectivity index (χ1n) is 4.70. The topological polar surface area (TPSA) is 24.8 Å². The lowest BCUT2D eigenvalue weighted by Gasteiger charge is -2.13. The van der Waals surface area contributed by atoms with Gasteiger partial charge >= 0.3 is 0 Å². The smallest absolute Gasteiger partial charge is 0.122 e. The second kappa shape index (κ2) is 3.05. The van der Waals surface area contributed by atoms with E-state index in [-0.39, 0.29) is 6.10 Å². The Balaban J connectivity index is 1.93. The molecule has 2 heterocycles. The van der Waals surface area contributed by atoms with Gasteiger partial charge < -0.3 is 4.84 Å². The fourth-order valence-electron chi connectivity index (χ4n) is 1.88. The Morgan fingerprint density at radius 1 is 1.58 bits per heavy atom. The highest BCUT2D eigenvalue weighted by atomic mass is 16.6. The highest BCUT2D eigenvalue weighted by Gasteiger charge is 2.35. The van der Waals surface area contributed by atoms with Crippen LogP contribution < -0.4 is 0 Å². The van der Waals surface area contributed by atoms with Gasteiger partial charge in [0.05, 0.1) is 5.71 Å². The van der Waals surface area contributed by atoms with Crippen molar-refractivity contribution >= 4 is 5.71 Å². The van der Waals surface area contributed by atoms with E-state index in [4.69, 9.17) is 4.84 Å². The normalized spacial score (nSPS) is 36.8. The van der Waals surface area contributed by atoms with Crippen molar-refractivity contribution in [1.29, 1.82) is 0 Å². The molecule has 12 heavy (non-hydrogen) atoms. The molecular formula is C9H16N2O. The molecule has 0 N–H and O–H groups in total. The second-order valence-corrected chi connectivity index (χ2v) is 3.96. The first kappa shape index (κ1) is 8.05. The molecule has 2 aliphatic heterocycles. The molecule has 3 nitrogen and oxygen atoms in total.